The van der Waals surface area contributed by atoms with Crippen LogP contribution in [0, 0.1) is 40.5 Å². The van der Waals surface area contributed by atoms with Gasteiger partial charge in [-0.2, -0.15) is 5.26 Å². The smallest absolute Gasteiger partial charge is 0.321 e. The summed E-state index contributed by atoms with van der Waals surface area (Å²) in [6, 6.07) is 1.66. The highest BCUT2D eigenvalue weighted by Gasteiger charge is 2.24. The highest BCUT2D eigenvalue weighted by molar-refractivity contribution is 5.73. The standard InChI is InChI=1S/C10H5F4NO2/c11-6-2-4(1-5(3-15)10(16)17)7(12)9(14)8(6)13/h2,5H,1H2,(H,16,17). The van der Waals surface area contributed by atoms with Crippen LogP contribution in [0.25, 0.3) is 0 Å². The Bertz CT molecular complexity index is 510. The van der Waals surface area contributed by atoms with Gasteiger partial charge < -0.3 is 5.11 Å². The molecule has 0 amide bonds. The van der Waals surface area contributed by atoms with Crippen molar-refractivity contribution < 1.29 is 27.5 Å². The lowest BCUT2D eigenvalue weighted by atomic mass is 10.00. The summed E-state index contributed by atoms with van der Waals surface area (Å²) in [6.07, 6.45) is -0.744. The van der Waals surface area contributed by atoms with E-state index in [-0.39, 0.29) is 0 Å². The molecule has 0 aliphatic carbocycles. The van der Waals surface area contributed by atoms with E-state index in [2.05, 4.69) is 0 Å². The number of hydrogen-bond donors (Lipinski definition) is 1. The number of nitriles is 1. The maximum Gasteiger partial charge on any atom is 0.321 e. The van der Waals surface area contributed by atoms with Gasteiger partial charge in [-0.15, -0.1) is 0 Å². The van der Waals surface area contributed by atoms with Crippen molar-refractivity contribution in [3.63, 3.8) is 0 Å². The van der Waals surface area contributed by atoms with Gasteiger partial charge in [-0.05, 0) is 11.6 Å². The number of carboxylic acid groups (broad SMARTS) is 1. The summed E-state index contributed by atoms with van der Waals surface area (Å²) in [5, 5.41) is 16.9. The molecule has 1 rings (SSSR count). The number of hydrogen-bond acceptors (Lipinski definition) is 2. The van der Waals surface area contributed by atoms with E-state index in [1.54, 1.807) is 0 Å². The van der Waals surface area contributed by atoms with Gasteiger partial charge in [0.25, 0.3) is 0 Å². The van der Waals surface area contributed by atoms with Gasteiger partial charge in [-0.25, -0.2) is 17.6 Å². The molecule has 7 heteroatoms. The maximum absolute atomic E-state index is 13.1. The summed E-state index contributed by atoms with van der Waals surface area (Å²) in [7, 11) is 0. The molecule has 0 bridgehead atoms. The number of carboxylic acids is 1. The molecule has 0 saturated heterocycles. The predicted molar refractivity (Wildman–Crippen MR) is 46.7 cm³/mol. The first-order valence-electron chi connectivity index (χ1n) is 4.32. The normalized spacial score (nSPS) is 11.9. The van der Waals surface area contributed by atoms with Gasteiger partial charge >= 0.3 is 5.97 Å². The third kappa shape index (κ3) is 2.53. The largest absolute Gasteiger partial charge is 0.480 e. The molecular weight excluding hydrogens is 242 g/mol. The summed E-state index contributed by atoms with van der Waals surface area (Å²) in [4.78, 5) is 10.5. The topological polar surface area (TPSA) is 61.1 Å². The van der Waals surface area contributed by atoms with Crippen molar-refractivity contribution in [2.75, 3.05) is 0 Å². The van der Waals surface area contributed by atoms with E-state index in [1.165, 1.54) is 6.07 Å². The molecule has 0 aromatic heterocycles. The first-order chi connectivity index (χ1) is 7.88. The van der Waals surface area contributed by atoms with Crippen molar-refractivity contribution in [1.29, 1.82) is 5.26 Å². The van der Waals surface area contributed by atoms with Crippen LogP contribution in [0.3, 0.4) is 0 Å². The number of rotatable bonds is 3. The third-order valence-corrected chi connectivity index (χ3v) is 2.06. The van der Waals surface area contributed by atoms with Crippen LogP contribution in [0.4, 0.5) is 17.6 Å². The second kappa shape index (κ2) is 4.82. The Morgan fingerprint density at radius 3 is 2.35 bits per heavy atom. The Balaban J connectivity index is 3.17. The first kappa shape index (κ1) is 13.0. The van der Waals surface area contributed by atoms with Crippen molar-refractivity contribution >= 4 is 5.97 Å². The fourth-order valence-corrected chi connectivity index (χ4v) is 1.18. The van der Waals surface area contributed by atoms with Crippen LogP contribution < -0.4 is 0 Å². The summed E-state index contributed by atoms with van der Waals surface area (Å²) < 4.78 is 51.2. The minimum atomic E-state index is -2.03. The number of nitrogens with zero attached hydrogens (tertiary/aromatic N) is 1. The summed E-state index contributed by atoms with van der Waals surface area (Å²) >= 11 is 0. The van der Waals surface area contributed by atoms with Crippen molar-refractivity contribution in [2.24, 2.45) is 5.92 Å². The Morgan fingerprint density at radius 2 is 1.88 bits per heavy atom. The zero-order valence-electron chi connectivity index (χ0n) is 8.18. The van der Waals surface area contributed by atoms with Crippen LogP contribution in [0.1, 0.15) is 5.56 Å². The second-order valence-corrected chi connectivity index (χ2v) is 3.18. The SMILES string of the molecule is N#CC(Cc1cc(F)c(F)c(F)c1F)C(=O)O. The summed E-state index contributed by atoms with van der Waals surface area (Å²) in [5.74, 6) is -10.5. The molecule has 3 nitrogen and oxygen atoms in total. The maximum atomic E-state index is 13.1. The van der Waals surface area contributed by atoms with E-state index in [4.69, 9.17) is 10.4 Å². The highest BCUT2D eigenvalue weighted by atomic mass is 19.2. The van der Waals surface area contributed by atoms with Crippen LogP contribution >= 0.6 is 0 Å². The highest BCUT2D eigenvalue weighted by Crippen LogP contribution is 2.21. The Morgan fingerprint density at radius 1 is 1.29 bits per heavy atom. The molecule has 0 aliphatic heterocycles. The number of carbonyl (C=O) groups is 1. The zero-order chi connectivity index (χ0) is 13.2. The van der Waals surface area contributed by atoms with E-state index < -0.39 is 47.1 Å². The first-order valence-corrected chi connectivity index (χ1v) is 4.32. The minimum Gasteiger partial charge on any atom is -0.480 e. The lowest BCUT2D eigenvalue weighted by Crippen LogP contribution is -2.16. The molecule has 1 unspecified atom stereocenters. The lowest BCUT2D eigenvalue weighted by Gasteiger charge is -2.07. The van der Waals surface area contributed by atoms with E-state index in [0.717, 1.165) is 0 Å². The van der Waals surface area contributed by atoms with Crippen LogP contribution in [-0.4, -0.2) is 11.1 Å². The average molecular weight is 247 g/mol. The van der Waals surface area contributed by atoms with Crippen molar-refractivity contribution in [2.45, 2.75) is 6.42 Å². The Hall–Kier alpha value is -2.10. The zero-order valence-corrected chi connectivity index (χ0v) is 8.18. The quantitative estimate of drug-likeness (QED) is 0.505. The molecular formula is C10H5F4NO2. The van der Waals surface area contributed by atoms with Gasteiger partial charge in [0.2, 0.25) is 0 Å². The van der Waals surface area contributed by atoms with Gasteiger partial charge in [0, 0.05) is 6.42 Å². The third-order valence-electron chi connectivity index (χ3n) is 2.06. The predicted octanol–water partition coefficient (Wildman–Crippen LogP) is 2.01. The molecule has 1 atom stereocenters. The van der Waals surface area contributed by atoms with E-state index in [9.17, 15) is 22.4 Å². The lowest BCUT2D eigenvalue weighted by molar-refractivity contribution is -0.139. The van der Waals surface area contributed by atoms with Crippen LogP contribution in [0.2, 0.25) is 0 Å². The molecule has 90 valence electrons. The molecule has 17 heavy (non-hydrogen) atoms. The molecule has 0 heterocycles. The van der Waals surface area contributed by atoms with Crippen molar-refractivity contribution in [3.8, 4) is 6.07 Å². The summed E-state index contributed by atoms with van der Waals surface area (Å²) in [6.45, 7) is 0. The van der Waals surface area contributed by atoms with Crippen molar-refractivity contribution in [3.05, 3.63) is 34.9 Å². The van der Waals surface area contributed by atoms with Gasteiger partial charge in [-0.3, -0.25) is 4.79 Å². The monoisotopic (exact) mass is 247 g/mol. The van der Waals surface area contributed by atoms with E-state index in [1.807, 2.05) is 0 Å². The number of benzene rings is 1. The Kier molecular flexibility index (Phi) is 3.68. The Labute approximate surface area is 92.9 Å². The van der Waals surface area contributed by atoms with Gasteiger partial charge in [-0.1, -0.05) is 0 Å². The molecule has 0 radical (unpaired) electrons. The fraction of sp³-hybridized carbons (Fsp3) is 0.200. The average Bonchev–Trinajstić information content (AvgIpc) is 2.29. The number of halogens is 4. The van der Waals surface area contributed by atoms with Gasteiger partial charge in [0.1, 0.15) is 5.92 Å². The molecule has 0 fully saturated rings. The molecule has 1 N–H and O–H groups in total. The fourth-order valence-electron chi connectivity index (χ4n) is 1.18. The molecule has 0 saturated carbocycles. The molecule has 1 aromatic rings. The molecule has 1 aromatic carbocycles. The van der Waals surface area contributed by atoms with E-state index >= 15 is 0 Å². The summed E-state index contributed by atoms with van der Waals surface area (Å²) in [5.41, 5.74) is -0.699. The molecule has 0 aliphatic rings. The number of aliphatic carboxylic acids is 1. The van der Waals surface area contributed by atoms with Crippen LogP contribution in [-0.2, 0) is 11.2 Å². The van der Waals surface area contributed by atoms with Gasteiger partial charge in [0.05, 0.1) is 6.07 Å². The van der Waals surface area contributed by atoms with Crippen LogP contribution in [0.5, 0.6) is 0 Å². The van der Waals surface area contributed by atoms with Crippen molar-refractivity contribution in [1.82, 2.24) is 0 Å². The second-order valence-electron chi connectivity index (χ2n) is 3.18. The van der Waals surface area contributed by atoms with Gasteiger partial charge in [0.15, 0.2) is 23.3 Å². The molecule has 0 spiro atoms. The van der Waals surface area contributed by atoms with Crippen LogP contribution in [0.15, 0.2) is 6.07 Å². The van der Waals surface area contributed by atoms with E-state index in [0.29, 0.717) is 6.07 Å². The minimum absolute atomic E-state index is 0.334.